The first-order chi connectivity index (χ1) is 23.4. The average Bonchev–Trinajstić information content (AvgIpc) is 3.40. The molecule has 244 valence electrons. The number of amidine groups is 1. The molecule has 9 nitrogen and oxygen atoms in total. The molecule has 6 rings (SSSR count). The predicted octanol–water partition coefficient (Wildman–Crippen LogP) is 7.40. The molecule has 4 aromatic carbocycles. The van der Waals surface area contributed by atoms with Gasteiger partial charge in [0.1, 0.15) is 6.61 Å². The van der Waals surface area contributed by atoms with Gasteiger partial charge in [0.25, 0.3) is 11.8 Å². The van der Waals surface area contributed by atoms with Crippen LogP contribution in [0.1, 0.15) is 56.7 Å². The summed E-state index contributed by atoms with van der Waals surface area (Å²) in [4.78, 5) is 46.6. The molecule has 2 aliphatic heterocycles. The summed E-state index contributed by atoms with van der Waals surface area (Å²) < 4.78 is 11.7. The van der Waals surface area contributed by atoms with Gasteiger partial charge in [0.05, 0.1) is 29.8 Å². The van der Waals surface area contributed by atoms with Crippen LogP contribution in [0.4, 0.5) is 5.69 Å². The van der Waals surface area contributed by atoms with E-state index in [1.165, 1.54) is 30.3 Å². The molecule has 1 N–H and O–H groups in total. The number of aliphatic imine (C=N–C) groups is 1. The Labute approximate surface area is 283 Å². The SMILES string of the molecule is COc1cc(/C=C2\SC(=Nc3ccccc3)N(Cc3ccc(C(=O)O)cc3)C2=O)ccc1OCc1ccc(C(=O)N2CCCCC2)cc1. The number of aromatic carboxylic acids is 1. The van der Waals surface area contributed by atoms with Gasteiger partial charge >= 0.3 is 5.97 Å². The van der Waals surface area contributed by atoms with E-state index in [9.17, 15) is 19.5 Å². The van der Waals surface area contributed by atoms with Gasteiger partial charge in [-0.3, -0.25) is 14.5 Å². The van der Waals surface area contributed by atoms with Crippen LogP contribution < -0.4 is 9.47 Å². The van der Waals surface area contributed by atoms with Crippen LogP contribution >= 0.6 is 11.8 Å². The lowest BCUT2D eigenvalue weighted by molar-refractivity contribution is -0.122. The Balaban J connectivity index is 1.17. The van der Waals surface area contributed by atoms with Crippen LogP contribution in [0.3, 0.4) is 0 Å². The normalized spacial score (nSPS) is 16.4. The Morgan fingerprint density at radius 1 is 0.854 bits per heavy atom. The van der Waals surface area contributed by atoms with Gasteiger partial charge in [-0.05, 0) is 102 Å². The summed E-state index contributed by atoms with van der Waals surface area (Å²) in [5, 5.41) is 9.78. The Morgan fingerprint density at radius 2 is 1.54 bits per heavy atom. The van der Waals surface area contributed by atoms with Gasteiger partial charge in [-0.2, -0.15) is 0 Å². The summed E-state index contributed by atoms with van der Waals surface area (Å²) in [6, 6.07) is 28.9. The van der Waals surface area contributed by atoms with E-state index in [4.69, 9.17) is 14.5 Å². The van der Waals surface area contributed by atoms with E-state index in [1.54, 1.807) is 30.2 Å². The lowest BCUT2D eigenvalue weighted by Gasteiger charge is -2.26. The maximum Gasteiger partial charge on any atom is 0.335 e. The van der Waals surface area contributed by atoms with Crippen molar-refractivity contribution >= 4 is 46.5 Å². The maximum atomic E-state index is 13.7. The third kappa shape index (κ3) is 7.78. The van der Waals surface area contributed by atoms with Crippen LogP contribution in [0.2, 0.25) is 0 Å². The number of amides is 2. The van der Waals surface area contributed by atoms with E-state index in [0.29, 0.717) is 39.4 Å². The van der Waals surface area contributed by atoms with Gasteiger partial charge < -0.3 is 19.5 Å². The second-order valence-electron chi connectivity index (χ2n) is 11.5. The minimum Gasteiger partial charge on any atom is -0.493 e. The molecule has 2 saturated heterocycles. The number of carbonyl (C=O) groups is 3. The van der Waals surface area contributed by atoms with E-state index in [1.807, 2.05) is 77.7 Å². The quantitative estimate of drug-likeness (QED) is 0.176. The fraction of sp³-hybridized carbons (Fsp3) is 0.211. The third-order valence-electron chi connectivity index (χ3n) is 8.13. The topological polar surface area (TPSA) is 109 Å². The Hall–Kier alpha value is -5.35. The highest BCUT2D eigenvalue weighted by Crippen LogP contribution is 2.37. The number of piperidine rings is 1. The number of thioether (sulfide) groups is 1. The first-order valence-corrected chi connectivity index (χ1v) is 16.6. The second kappa shape index (κ2) is 15.0. The van der Waals surface area contributed by atoms with E-state index in [0.717, 1.165) is 42.6 Å². The van der Waals surface area contributed by atoms with Crippen LogP contribution in [0, 0.1) is 0 Å². The molecular weight excluding hydrogens is 627 g/mol. The highest BCUT2D eigenvalue weighted by Gasteiger charge is 2.33. The fourth-order valence-corrected chi connectivity index (χ4v) is 6.51. The molecule has 48 heavy (non-hydrogen) atoms. The van der Waals surface area contributed by atoms with E-state index >= 15 is 0 Å². The van der Waals surface area contributed by atoms with Crippen molar-refractivity contribution in [1.29, 1.82) is 0 Å². The van der Waals surface area contributed by atoms with Crippen LogP contribution in [0.15, 0.2) is 107 Å². The average molecular weight is 662 g/mol. The predicted molar refractivity (Wildman–Crippen MR) is 187 cm³/mol. The number of benzene rings is 4. The monoisotopic (exact) mass is 661 g/mol. The molecule has 0 spiro atoms. The Bertz CT molecular complexity index is 1850. The zero-order valence-corrected chi connectivity index (χ0v) is 27.3. The number of rotatable bonds is 10. The van der Waals surface area contributed by atoms with Gasteiger partial charge in [-0.25, -0.2) is 9.79 Å². The Morgan fingerprint density at radius 3 is 2.23 bits per heavy atom. The molecule has 0 aliphatic carbocycles. The minimum atomic E-state index is -1.01. The molecule has 2 amide bonds. The summed E-state index contributed by atoms with van der Waals surface area (Å²) in [5.41, 5.74) is 4.03. The standard InChI is InChI=1S/C38H35N3O6S/c1-46-33-22-28(14-19-32(33)47-25-27-12-15-29(16-13-27)35(42)40-20-6-3-7-21-40)23-34-36(43)41(24-26-10-17-30(18-11-26)37(44)45)38(48-34)39-31-8-4-2-5-9-31/h2,4-5,8-19,22-23H,3,6-7,20-21,24-25H2,1H3,(H,44,45)/b34-23-,39-38?. The maximum absolute atomic E-state index is 13.7. The van der Waals surface area contributed by atoms with Gasteiger partial charge in [0.15, 0.2) is 16.7 Å². The largest absolute Gasteiger partial charge is 0.493 e. The summed E-state index contributed by atoms with van der Waals surface area (Å²) in [6.45, 7) is 2.16. The summed E-state index contributed by atoms with van der Waals surface area (Å²) in [6.07, 6.45) is 5.08. The molecule has 2 aliphatic rings. The lowest BCUT2D eigenvalue weighted by Crippen LogP contribution is -2.35. The number of methoxy groups -OCH3 is 1. The number of hydrogen-bond donors (Lipinski definition) is 1. The first kappa shape index (κ1) is 32.6. The molecule has 0 bridgehead atoms. The van der Waals surface area contributed by atoms with Gasteiger partial charge in [-0.15, -0.1) is 0 Å². The molecule has 0 saturated carbocycles. The number of carboxylic acids is 1. The van der Waals surface area contributed by atoms with Crippen molar-refractivity contribution in [1.82, 2.24) is 9.80 Å². The highest BCUT2D eigenvalue weighted by atomic mass is 32.2. The van der Waals surface area contributed by atoms with Crippen molar-refractivity contribution in [2.75, 3.05) is 20.2 Å². The number of nitrogens with zero attached hydrogens (tertiary/aromatic N) is 3. The zero-order chi connectivity index (χ0) is 33.5. The van der Waals surface area contributed by atoms with E-state index in [-0.39, 0.29) is 23.9 Å². The summed E-state index contributed by atoms with van der Waals surface area (Å²) in [5.74, 6) is -0.0730. The second-order valence-corrected chi connectivity index (χ2v) is 12.5. The van der Waals surface area contributed by atoms with Gasteiger partial charge in [0.2, 0.25) is 0 Å². The zero-order valence-electron chi connectivity index (χ0n) is 26.5. The van der Waals surface area contributed by atoms with Crippen molar-refractivity contribution in [3.05, 3.63) is 130 Å². The fourth-order valence-electron chi connectivity index (χ4n) is 5.51. The van der Waals surface area contributed by atoms with Crippen LogP contribution in [0.25, 0.3) is 6.08 Å². The van der Waals surface area contributed by atoms with Crippen molar-refractivity contribution in [3.8, 4) is 11.5 Å². The van der Waals surface area contributed by atoms with Crippen LogP contribution in [-0.4, -0.2) is 58.1 Å². The van der Waals surface area contributed by atoms with Crippen molar-refractivity contribution in [2.24, 2.45) is 4.99 Å². The number of ether oxygens (including phenoxy) is 2. The third-order valence-corrected chi connectivity index (χ3v) is 9.14. The van der Waals surface area contributed by atoms with Crippen molar-refractivity contribution in [2.45, 2.75) is 32.4 Å². The number of hydrogen-bond acceptors (Lipinski definition) is 7. The van der Waals surface area contributed by atoms with Crippen LogP contribution in [-0.2, 0) is 17.9 Å². The number of para-hydroxylation sites is 1. The van der Waals surface area contributed by atoms with Crippen LogP contribution in [0.5, 0.6) is 11.5 Å². The highest BCUT2D eigenvalue weighted by molar-refractivity contribution is 8.18. The number of carboxylic acid groups (broad SMARTS) is 1. The molecule has 4 aromatic rings. The minimum absolute atomic E-state index is 0.0726. The first-order valence-electron chi connectivity index (χ1n) is 15.7. The number of carbonyl (C=O) groups excluding carboxylic acids is 2. The number of likely N-dealkylation sites (tertiary alicyclic amines) is 1. The summed E-state index contributed by atoms with van der Waals surface area (Å²) >= 11 is 1.28. The molecule has 2 fully saturated rings. The molecule has 2 heterocycles. The van der Waals surface area contributed by atoms with E-state index < -0.39 is 5.97 Å². The molecule has 0 atom stereocenters. The lowest BCUT2D eigenvalue weighted by atomic mass is 10.1. The van der Waals surface area contributed by atoms with E-state index in [2.05, 4.69) is 0 Å². The van der Waals surface area contributed by atoms with Gasteiger partial charge in [0, 0.05) is 18.7 Å². The smallest absolute Gasteiger partial charge is 0.335 e. The Kier molecular flexibility index (Phi) is 10.2. The van der Waals surface area contributed by atoms with Crippen molar-refractivity contribution < 1.29 is 29.0 Å². The summed E-state index contributed by atoms with van der Waals surface area (Å²) in [7, 11) is 1.57. The van der Waals surface area contributed by atoms with Crippen molar-refractivity contribution in [3.63, 3.8) is 0 Å². The molecular formula is C38H35N3O6S. The molecule has 10 heteroatoms. The van der Waals surface area contributed by atoms with Gasteiger partial charge in [-0.1, -0.05) is 48.5 Å². The molecule has 0 unspecified atom stereocenters. The molecule has 0 aromatic heterocycles. The molecule has 0 radical (unpaired) electrons.